The predicted octanol–water partition coefficient (Wildman–Crippen LogP) is 1.12. The quantitative estimate of drug-likeness (QED) is 0.810. The van der Waals surface area contributed by atoms with Crippen LogP contribution in [-0.2, 0) is 4.74 Å². The van der Waals surface area contributed by atoms with Crippen LogP contribution in [0.25, 0.3) is 5.65 Å². The Morgan fingerprint density at radius 3 is 2.67 bits per heavy atom. The Balaban J connectivity index is 1.57. The second kappa shape index (κ2) is 7.05. The van der Waals surface area contributed by atoms with E-state index in [4.69, 9.17) is 4.74 Å². The van der Waals surface area contributed by atoms with Crippen molar-refractivity contribution < 1.29 is 9.53 Å². The Kier molecular flexibility index (Phi) is 4.74. The number of methoxy groups -OCH3 is 1. The molecule has 2 aliphatic rings. The smallest absolute Gasteiger partial charge is 0.270 e. The molecule has 144 valence electrons. The van der Waals surface area contributed by atoms with Crippen LogP contribution >= 0.6 is 0 Å². The topological polar surface area (TPSA) is 67.2 Å². The summed E-state index contributed by atoms with van der Waals surface area (Å²) in [4.78, 5) is 34.1. The highest BCUT2D eigenvalue weighted by molar-refractivity contribution is 5.94. The molecule has 4 atom stereocenters. The lowest BCUT2D eigenvalue weighted by atomic mass is 9.77. The van der Waals surface area contributed by atoms with Gasteiger partial charge in [-0.05, 0) is 50.9 Å². The van der Waals surface area contributed by atoms with Crippen LogP contribution in [0.5, 0.6) is 0 Å². The van der Waals surface area contributed by atoms with E-state index in [1.807, 2.05) is 11.0 Å². The average molecular weight is 370 g/mol. The van der Waals surface area contributed by atoms with Crippen LogP contribution in [0.1, 0.15) is 23.2 Å². The second-order valence-electron chi connectivity index (χ2n) is 7.91. The maximum absolute atomic E-state index is 13.1. The number of pyridine rings is 1. The fraction of sp³-hybridized carbons (Fsp3) is 0.550. The highest BCUT2D eigenvalue weighted by atomic mass is 16.5. The molecule has 0 unspecified atom stereocenters. The summed E-state index contributed by atoms with van der Waals surface area (Å²) in [6, 6.07) is 5.70. The molecule has 1 saturated heterocycles. The lowest BCUT2D eigenvalue weighted by Crippen LogP contribution is -2.47. The highest BCUT2D eigenvalue weighted by Crippen LogP contribution is 2.39. The van der Waals surface area contributed by atoms with Gasteiger partial charge in [0.2, 0.25) is 0 Å². The van der Waals surface area contributed by atoms with E-state index in [9.17, 15) is 9.59 Å². The minimum absolute atomic E-state index is 0.143. The Morgan fingerprint density at radius 1 is 1.22 bits per heavy atom. The Morgan fingerprint density at radius 2 is 1.96 bits per heavy atom. The van der Waals surface area contributed by atoms with Gasteiger partial charge in [0, 0.05) is 38.6 Å². The molecule has 7 heteroatoms. The van der Waals surface area contributed by atoms with Crippen LogP contribution < -0.4 is 5.56 Å². The molecule has 0 spiro atoms. The van der Waals surface area contributed by atoms with Crippen LogP contribution in [0.15, 0.2) is 35.4 Å². The van der Waals surface area contributed by atoms with Gasteiger partial charge in [0.05, 0.1) is 6.10 Å². The number of nitrogens with zero attached hydrogens (tertiary/aromatic N) is 4. The molecule has 27 heavy (non-hydrogen) atoms. The van der Waals surface area contributed by atoms with E-state index in [1.54, 1.807) is 25.4 Å². The third-order valence-corrected chi connectivity index (χ3v) is 6.18. The largest absolute Gasteiger partial charge is 0.380 e. The molecule has 1 amide bonds. The number of rotatable bonds is 3. The van der Waals surface area contributed by atoms with E-state index in [2.05, 4.69) is 24.0 Å². The zero-order chi connectivity index (χ0) is 19.1. The molecule has 0 bridgehead atoms. The predicted molar refractivity (Wildman–Crippen MR) is 102 cm³/mol. The molecule has 2 aromatic rings. The number of hydrogen-bond donors (Lipinski definition) is 0. The fourth-order valence-electron chi connectivity index (χ4n) is 4.70. The first-order valence-electron chi connectivity index (χ1n) is 9.44. The SMILES string of the molecule is CO[C@@H]1C[C@H]2CN(C(=O)c3cnc4ccccn4c3=O)C[C@H]2C[C@H]1N(C)C. The van der Waals surface area contributed by atoms with Gasteiger partial charge in [-0.1, -0.05) is 6.07 Å². The third kappa shape index (κ3) is 3.15. The lowest BCUT2D eigenvalue weighted by molar-refractivity contribution is -0.0209. The zero-order valence-electron chi connectivity index (χ0n) is 16.0. The number of aromatic nitrogens is 2. The average Bonchev–Trinajstić information content (AvgIpc) is 3.10. The summed E-state index contributed by atoms with van der Waals surface area (Å²) in [5, 5.41) is 0. The van der Waals surface area contributed by atoms with Crippen molar-refractivity contribution in [3.8, 4) is 0 Å². The van der Waals surface area contributed by atoms with Crippen molar-refractivity contribution in [2.45, 2.75) is 25.0 Å². The summed E-state index contributed by atoms with van der Waals surface area (Å²) in [6.45, 7) is 1.38. The molecule has 0 N–H and O–H groups in total. The van der Waals surface area contributed by atoms with E-state index in [1.165, 1.54) is 10.6 Å². The van der Waals surface area contributed by atoms with E-state index in [-0.39, 0.29) is 23.1 Å². The van der Waals surface area contributed by atoms with Crippen molar-refractivity contribution in [2.75, 3.05) is 34.3 Å². The van der Waals surface area contributed by atoms with Crippen molar-refractivity contribution in [1.82, 2.24) is 19.2 Å². The number of likely N-dealkylation sites (tertiary alicyclic amines) is 1. The summed E-state index contributed by atoms with van der Waals surface area (Å²) in [5.74, 6) is 0.658. The van der Waals surface area contributed by atoms with E-state index >= 15 is 0 Å². The van der Waals surface area contributed by atoms with Crippen molar-refractivity contribution in [3.05, 3.63) is 46.5 Å². The number of fused-ring (bicyclic) bond motifs is 2. The molecular formula is C20H26N4O3. The minimum atomic E-state index is -0.304. The highest BCUT2D eigenvalue weighted by Gasteiger charge is 2.44. The molecule has 3 heterocycles. The van der Waals surface area contributed by atoms with Gasteiger partial charge in [-0.2, -0.15) is 0 Å². The van der Waals surface area contributed by atoms with Crippen LogP contribution in [0.3, 0.4) is 0 Å². The van der Waals surface area contributed by atoms with E-state index < -0.39 is 0 Å². The van der Waals surface area contributed by atoms with Crippen molar-refractivity contribution in [3.63, 3.8) is 0 Å². The van der Waals surface area contributed by atoms with Crippen LogP contribution in [0, 0.1) is 11.8 Å². The Labute approximate surface area is 158 Å². The standard InChI is InChI=1S/C20H26N4O3/c1-22(2)16-8-13-11-23(12-14(13)9-17(16)27-3)19(25)15-10-21-18-6-4-5-7-24(18)20(15)26/h4-7,10,13-14,16-17H,8-9,11-12H2,1-3H3/t13-,14+,16-,17-/m1/s1. The number of carbonyl (C=O) groups excluding carboxylic acids is 1. The summed E-state index contributed by atoms with van der Waals surface area (Å²) in [6.07, 6.45) is 5.21. The van der Waals surface area contributed by atoms with Crippen molar-refractivity contribution >= 4 is 11.6 Å². The number of hydrogen-bond acceptors (Lipinski definition) is 5. The summed E-state index contributed by atoms with van der Waals surface area (Å²) < 4.78 is 7.14. The number of likely N-dealkylation sites (N-methyl/N-ethyl adjacent to an activating group) is 1. The first-order valence-corrected chi connectivity index (χ1v) is 9.44. The van der Waals surface area contributed by atoms with Gasteiger partial charge in [-0.25, -0.2) is 4.98 Å². The molecule has 1 aliphatic carbocycles. The van der Waals surface area contributed by atoms with Gasteiger partial charge < -0.3 is 14.5 Å². The molecule has 2 aromatic heterocycles. The van der Waals surface area contributed by atoms with Gasteiger partial charge in [0.15, 0.2) is 0 Å². The Hall–Kier alpha value is -2.25. The van der Waals surface area contributed by atoms with Crippen molar-refractivity contribution in [1.29, 1.82) is 0 Å². The maximum Gasteiger partial charge on any atom is 0.270 e. The Bertz CT molecular complexity index is 909. The molecule has 0 radical (unpaired) electrons. The normalized spacial score (nSPS) is 27.9. The van der Waals surface area contributed by atoms with E-state index in [0.29, 0.717) is 36.6 Å². The zero-order valence-corrected chi connectivity index (χ0v) is 16.0. The van der Waals surface area contributed by atoms with Crippen LogP contribution in [0.2, 0.25) is 0 Å². The maximum atomic E-state index is 13.1. The minimum Gasteiger partial charge on any atom is -0.380 e. The second-order valence-corrected chi connectivity index (χ2v) is 7.91. The van der Waals surface area contributed by atoms with E-state index in [0.717, 1.165) is 12.8 Å². The van der Waals surface area contributed by atoms with Gasteiger partial charge >= 0.3 is 0 Å². The van der Waals surface area contributed by atoms with Gasteiger partial charge in [0.1, 0.15) is 11.2 Å². The molecule has 7 nitrogen and oxygen atoms in total. The van der Waals surface area contributed by atoms with Crippen molar-refractivity contribution in [2.24, 2.45) is 11.8 Å². The molecule has 2 fully saturated rings. The summed E-state index contributed by atoms with van der Waals surface area (Å²) in [5.41, 5.74) is 0.386. The first kappa shape index (κ1) is 18.1. The summed E-state index contributed by atoms with van der Waals surface area (Å²) >= 11 is 0. The number of ether oxygens (including phenoxy) is 1. The molecular weight excluding hydrogens is 344 g/mol. The van der Waals surface area contributed by atoms with Crippen LogP contribution in [0.4, 0.5) is 0 Å². The van der Waals surface area contributed by atoms with Gasteiger partial charge in [-0.3, -0.25) is 14.0 Å². The van der Waals surface area contributed by atoms with Gasteiger partial charge in [-0.15, -0.1) is 0 Å². The third-order valence-electron chi connectivity index (χ3n) is 6.18. The van der Waals surface area contributed by atoms with Gasteiger partial charge in [0.25, 0.3) is 11.5 Å². The molecule has 1 aliphatic heterocycles. The van der Waals surface area contributed by atoms with Crippen LogP contribution in [-0.4, -0.2) is 71.5 Å². The lowest BCUT2D eigenvalue weighted by Gasteiger charge is -2.40. The fourth-order valence-corrected chi connectivity index (χ4v) is 4.70. The number of amides is 1. The summed E-state index contributed by atoms with van der Waals surface area (Å²) in [7, 11) is 5.92. The monoisotopic (exact) mass is 370 g/mol. The molecule has 1 saturated carbocycles. The molecule has 4 rings (SSSR count). The first-order chi connectivity index (χ1) is 13.0. The number of carbonyl (C=O) groups is 1. The molecule has 0 aromatic carbocycles.